The molecule has 0 unspecified atom stereocenters. The van der Waals surface area contributed by atoms with Crippen molar-refractivity contribution in [1.29, 1.82) is 0 Å². The van der Waals surface area contributed by atoms with Crippen LogP contribution in [0.25, 0.3) is 16.7 Å². The van der Waals surface area contributed by atoms with E-state index in [1.165, 1.54) is 11.8 Å². The van der Waals surface area contributed by atoms with Gasteiger partial charge in [-0.3, -0.25) is 9.36 Å². The van der Waals surface area contributed by atoms with Crippen LogP contribution in [0.5, 0.6) is 5.75 Å². The van der Waals surface area contributed by atoms with Gasteiger partial charge >= 0.3 is 0 Å². The zero-order chi connectivity index (χ0) is 15.5. The first-order valence-electron chi connectivity index (χ1n) is 6.72. The van der Waals surface area contributed by atoms with Gasteiger partial charge in [0.05, 0.1) is 23.9 Å². The molecule has 3 aromatic rings. The number of benzene rings is 2. The first kappa shape index (κ1) is 14.5. The summed E-state index contributed by atoms with van der Waals surface area (Å²) in [5.41, 5.74) is 8.07. The van der Waals surface area contributed by atoms with E-state index in [9.17, 15) is 4.79 Å². The van der Waals surface area contributed by atoms with Gasteiger partial charge in [0.2, 0.25) is 5.91 Å². The summed E-state index contributed by atoms with van der Waals surface area (Å²) in [5, 5.41) is 0.741. The third kappa shape index (κ3) is 2.78. The molecule has 1 amide bonds. The van der Waals surface area contributed by atoms with Gasteiger partial charge in [-0.15, -0.1) is 0 Å². The number of hydrogen-bond acceptors (Lipinski definition) is 4. The van der Waals surface area contributed by atoms with Gasteiger partial charge in [-0.1, -0.05) is 23.9 Å². The van der Waals surface area contributed by atoms with E-state index >= 15 is 0 Å². The van der Waals surface area contributed by atoms with Gasteiger partial charge in [0.1, 0.15) is 5.75 Å². The van der Waals surface area contributed by atoms with Crippen molar-refractivity contribution in [3.8, 4) is 11.4 Å². The summed E-state index contributed by atoms with van der Waals surface area (Å²) < 4.78 is 7.21. The molecule has 0 aliphatic carbocycles. The number of hydrogen-bond donors (Lipinski definition) is 1. The summed E-state index contributed by atoms with van der Waals surface area (Å²) in [7, 11) is 1.63. The second-order valence-corrected chi connectivity index (χ2v) is 5.61. The Morgan fingerprint density at radius 1 is 1.23 bits per heavy atom. The molecule has 3 rings (SSSR count). The molecule has 0 aliphatic heterocycles. The number of primary amides is 1. The number of fused-ring (bicyclic) bond motifs is 1. The normalized spacial score (nSPS) is 10.8. The Hall–Kier alpha value is -2.47. The average molecular weight is 313 g/mol. The minimum absolute atomic E-state index is 0.194. The second-order valence-electron chi connectivity index (χ2n) is 4.67. The monoisotopic (exact) mass is 313 g/mol. The van der Waals surface area contributed by atoms with Gasteiger partial charge in [-0.2, -0.15) is 0 Å². The zero-order valence-electron chi connectivity index (χ0n) is 12.0. The highest BCUT2D eigenvalue weighted by Gasteiger charge is 2.13. The lowest BCUT2D eigenvalue weighted by Gasteiger charge is -2.09. The van der Waals surface area contributed by atoms with Crippen molar-refractivity contribution in [2.75, 3.05) is 12.9 Å². The number of carbonyl (C=O) groups excluding carboxylic acids is 1. The third-order valence-corrected chi connectivity index (χ3v) is 4.17. The third-order valence-electron chi connectivity index (χ3n) is 3.20. The Kier molecular flexibility index (Phi) is 4.02. The molecule has 0 radical (unpaired) electrons. The summed E-state index contributed by atoms with van der Waals surface area (Å²) in [4.78, 5) is 15.7. The van der Waals surface area contributed by atoms with Crippen molar-refractivity contribution in [3.05, 3.63) is 48.5 Å². The number of amides is 1. The number of ether oxygens (including phenoxy) is 1. The lowest BCUT2D eigenvalue weighted by atomic mass is 10.2. The number of carbonyl (C=O) groups is 1. The second kappa shape index (κ2) is 6.11. The van der Waals surface area contributed by atoms with Gasteiger partial charge in [0, 0.05) is 5.69 Å². The number of nitrogens with zero attached hydrogens (tertiary/aromatic N) is 2. The van der Waals surface area contributed by atoms with Gasteiger partial charge in [-0.25, -0.2) is 4.98 Å². The van der Waals surface area contributed by atoms with Crippen LogP contribution in [0.15, 0.2) is 53.7 Å². The fourth-order valence-corrected chi connectivity index (χ4v) is 2.98. The van der Waals surface area contributed by atoms with Crippen molar-refractivity contribution in [2.24, 2.45) is 5.73 Å². The van der Waals surface area contributed by atoms with E-state index in [1.807, 2.05) is 53.1 Å². The van der Waals surface area contributed by atoms with Crippen LogP contribution < -0.4 is 10.5 Å². The summed E-state index contributed by atoms with van der Waals surface area (Å²) in [6.07, 6.45) is 0. The molecule has 5 nitrogen and oxygen atoms in total. The molecule has 0 saturated heterocycles. The van der Waals surface area contributed by atoms with E-state index in [1.54, 1.807) is 7.11 Å². The molecule has 0 fully saturated rings. The van der Waals surface area contributed by atoms with E-state index in [4.69, 9.17) is 10.5 Å². The molecule has 1 aromatic heterocycles. The van der Waals surface area contributed by atoms with Gasteiger partial charge in [0.15, 0.2) is 5.16 Å². The number of para-hydroxylation sites is 2. The predicted molar refractivity (Wildman–Crippen MR) is 87.5 cm³/mol. The quantitative estimate of drug-likeness (QED) is 0.735. The maximum absolute atomic E-state index is 11.1. The van der Waals surface area contributed by atoms with Crippen molar-refractivity contribution in [1.82, 2.24) is 9.55 Å². The summed E-state index contributed by atoms with van der Waals surface area (Å²) in [6, 6.07) is 15.6. The lowest BCUT2D eigenvalue weighted by molar-refractivity contribution is -0.115. The Bertz CT molecular complexity index is 812. The number of nitrogens with two attached hydrogens (primary N) is 1. The Balaban J connectivity index is 2.11. The van der Waals surface area contributed by atoms with Crippen LogP contribution in [-0.4, -0.2) is 28.3 Å². The molecule has 0 aliphatic rings. The van der Waals surface area contributed by atoms with Crippen molar-refractivity contribution in [2.45, 2.75) is 5.16 Å². The van der Waals surface area contributed by atoms with E-state index < -0.39 is 0 Å². The largest absolute Gasteiger partial charge is 0.497 e. The van der Waals surface area contributed by atoms with Crippen molar-refractivity contribution >= 4 is 28.7 Å². The van der Waals surface area contributed by atoms with E-state index in [2.05, 4.69) is 4.98 Å². The van der Waals surface area contributed by atoms with Crippen LogP contribution >= 0.6 is 11.8 Å². The van der Waals surface area contributed by atoms with E-state index in [0.29, 0.717) is 0 Å². The van der Waals surface area contributed by atoms with E-state index in [0.717, 1.165) is 27.6 Å². The number of thioether (sulfide) groups is 1. The first-order valence-corrected chi connectivity index (χ1v) is 7.70. The number of imidazole rings is 1. The van der Waals surface area contributed by atoms with Crippen molar-refractivity contribution in [3.63, 3.8) is 0 Å². The molecule has 1 heterocycles. The number of methoxy groups -OCH3 is 1. The fraction of sp³-hybridized carbons (Fsp3) is 0.125. The highest BCUT2D eigenvalue weighted by atomic mass is 32.2. The Morgan fingerprint density at radius 2 is 1.95 bits per heavy atom. The molecule has 6 heteroatoms. The molecule has 2 aromatic carbocycles. The number of aromatic nitrogens is 2. The minimum Gasteiger partial charge on any atom is -0.497 e. The molecule has 2 N–H and O–H groups in total. The molecule has 0 saturated carbocycles. The summed E-state index contributed by atoms with van der Waals surface area (Å²) >= 11 is 1.33. The summed E-state index contributed by atoms with van der Waals surface area (Å²) in [5.74, 6) is 0.622. The van der Waals surface area contributed by atoms with Crippen LogP contribution in [-0.2, 0) is 4.79 Å². The zero-order valence-corrected chi connectivity index (χ0v) is 12.8. The van der Waals surface area contributed by atoms with Crippen LogP contribution in [0.1, 0.15) is 0 Å². The first-order chi connectivity index (χ1) is 10.7. The standard InChI is InChI=1S/C16H15N3O2S/c1-21-12-8-6-11(7-9-12)19-14-5-3-2-4-13(14)18-16(19)22-10-15(17)20/h2-9H,10H2,1H3,(H2,17,20). The molecular weight excluding hydrogens is 298 g/mol. The lowest BCUT2D eigenvalue weighted by Crippen LogP contribution is -2.13. The maximum atomic E-state index is 11.1. The van der Waals surface area contributed by atoms with Crippen molar-refractivity contribution < 1.29 is 9.53 Å². The minimum atomic E-state index is -0.363. The van der Waals surface area contributed by atoms with Gasteiger partial charge < -0.3 is 10.5 Å². The summed E-state index contributed by atoms with van der Waals surface area (Å²) in [6.45, 7) is 0. The van der Waals surface area contributed by atoms with Gasteiger partial charge in [0.25, 0.3) is 0 Å². The fourth-order valence-electron chi connectivity index (χ4n) is 2.22. The highest BCUT2D eigenvalue weighted by Crippen LogP contribution is 2.28. The maximum Gasteiger partial charge on any atom is 0.227 e. The average Bonchev–Trinajstić information content (AvgIpc) is 2.91. The Morgan fingerprint density at radius 3 is 2.64 bits per heavy atom. The highest BCUT2D eigenvalue weighted by molar-refractivity contribution is 7.99. The van der Waals surface area contributed by atoms with Crippen LogP contribution in [0, 0.1) is 0 Å². The van der Waals surface area contributed by atoms with Crippen LogP contribution in [0.2, 0.25) is 0 Å². The van der Waals surface area contributed by atoms with E-state index in [-0.39, 0.29) is 11.7 Å². The molecule has 112 valence electrons. The topological polar surface area (TPSA) is 70.1 Å². The molecule has 0 atom stereocenters. The number of rotatable bonds is 5. The molecule has 0 spiro atoms. The van der Waals surface area contributed by atoms with Crippen LogP contribution in [0.4, 0.5) is 0 Å². The molecule has 22 heavy (non-hydrogen) atoms. The molecule has 0 bridgehead atoms. The predicted octanol–water partition coefficient (Wildman–Crippen LogP) is 2.61. The van der Waals surface area contributed by atoms with Crippen LogP contribution in [0.3, 0.4) is 0 Å². The smallest absolute Gasteiger partial charge is 0.227 e. The SMILES string of the molecule is COc1ccc(-n2c(SCC(N)=O)nc3ccccc32)cc1. The Labute approximate surface area is 132 Å². The molecular formula is C16H15N3O2S. The van der Waals surface area contributed by atoms with Gasteiger partial charge in [-0.05, 0) is 36.4 Å².